The lowest BCUT2D eigenvalue weighted by Gasteiger charge is -2.23. The molecule has 1 aromatic heterocycles. The monoisotopic (exact) mass is 443 g/mol. The Morgan fingerprint density at radius 1 is 1.03 bits per heavy atom. The highest BCUT2D eigenvalue weighted by Gasteiger charge is 2.18. The van der Waals surface area contributed by atoms with Crippen LogP contribution in [0.5, 0.6) is 11.5 Å². The number of rotatable bonds is 6. The number of halogens is 2. The van der Waals surface area contributed by atoms with E-state index in [2.05, 4.69) is 10.3 Å². The largest absolute Gasteiger partial charge is 0.454 e. The van der Waals surface area contributed by atoms with E-state index in [0.717, 1.165) is 11.3 Å². The van der Waals surface area contributed by atoms with Gasteiger partial charge in [-0.25, -0.2) is 4.79 Å². The van der Waals surface area contributed by atoms with E-state index in [9.17, 15) is 4.79 Å². The molecule has 1 aliphatic heterocycles. The number of anilines is 1. The summed E-state index contributed by atoms with van der Waals surface area (Å²) in [5, 5.41) is 3.70. The van der Waals surface area contributed by atoms with Crippen LogP contribution in [0.2, 0.25) is 10.0 Å². The molecule has 1 aliphatic rings. The van der Waals surface area contributed by atoms with Gasteiger partial charge in [-0.2, -0.15) is 0 Å². The molecule has 0 spiro atoms. The zero-order chi connectivity index (χ0) is 20.9. The van der Waals surface area contributed by atoms with E-state index in [4.69, 9.17) is 32.7 Å². The summed E-state index contributed by atoms with van der Waals surface area (Å²) in [4.78, 5) is 19.1. The first-order valence-corrected chi connectivity index (χ1v) is 10.1. The third-order valence-corrected chi connectivity index (χ3v) is 5.37. The number of nitrogens with one attached hydrogen (secondary N) is 1. The van der Waals surface area contributed by atoms with Crippen molar-refractivity contribution >= 4 is 34.9 Å². The van der Waals surface area contributed by atoms with Gasteiger partial charge >= 0.3 is 6.03 Å². The van der Waals surface area contributed by atoms with Crippen molar-refractivity contribution in [2.45, 2.75) is 13.0 Å². The predicted octanol–water partition coefficient (Wildman–Crippen LogP) is 5.39. The van der Waals surface area contributed by atoms with Crippen LogP contribution >= 0.6 is 23.2 Å². The normalized spacial score (nSPS) is 11.9. The van der Waals surface area contributed by atoms with Crippen LogP contribution in [0.1, 0.15) is 11.3 Å². The van der Waals surface area contributed by atoms with Gasteiger partial charge in [-0.3, -0.25) is 4.98 Å². The fourth-order valence-electron chi connectivity index (χ4n) is 3.08. The van der Waals surface area contributed by atoms with Gasteiger partial charge in [-0.05, 0) is 48.0 Å². The summed E-state index contributed by atoms with van der Waals surface area (Å²) in [6.07, 6.45) is 2.37. The second kappa shape index (κ2) is 9.24. The highest BCUT2D eigenvalue weighted by Crippen LogP contribution is 2.33. The molecule has 6 nitrogen and oxygen atoms in total. The Morgan fingerprint density at radius 3 is 2.70 bits per heavy atom. The summed E-state index contributed by atoms with van der Waals surface area (Å²) in [6, 6.07) is 16.1. The van der Waals surface area contributed by atoms with Gasteiger partial charge in [0.1, 0.15) is 0 Å². The van der Waals surface area contributed by atoms with Gasteiger partial charge in [0.15, 0.2) is 11.5 Å². The van der Waals surface area contributed by atoms with Crippen molar-refractivity contribution in [2.24, 2.45) is 0 Å². The van der Waals surface area contributed by atoms with Gasteiger partial charge in [0.2, 0.25) is 6.79 Å². The van der Waals surface area contributed by atoms with Crippen molar-refractivity contribution in [1.82, 2.24) is 9.88 Å². The molecule has 0 saturated carbocycles. The molecular formula is C22H19Cl2N3O3. The molecule has 8 heteroatoms. The maximum atomic E-state index is 13.0. The Balaban J connectivity index is 1.50. The lowest BCUT2D eigenvalue weighted by molar-refractivity contribution is 0.174. The molecule has 2 heterocycles. The molecule has 0 aliphatic carbocycles. The van der Waals surface area contributed by atoms with Crippen LogP contribution < -0.4 is 14.8 Å². The smallest absolute Gasteiger partial charge is 0.322 e. The third-order valence-electron chi connectivity index (χ3n) is 4.63. The first-order valence-electron chi connectivity index (χ1n) is 9.38. The van der Waals surface area contributed by atoms with Gasteiger partial charge in [-0.15, -0.1) is 0 Å². The van der Waals surface area contributed by atoms with Crippen molar-refractivity contribution in [2.75, 3.05) is 18.7 Å². The average molecular weight is 444 g/mol. The van der Waals surface area contributed by atoms with Crippen LogP contribution in [0.4, 0.5) is 10.5 Å². The summed E-state index contributed by atoms with van der Waals surface area (Å²) < 4.78 is 10.8. The minimum Gasteiger partial charge on any atom is -0.454 e. The molecule has 30 heavy (non-hydrogen) atoms. The van der Waals surface area contributed by atoms with Crippen molar-refractivity contribution in [3.05, 3.63) is 82.1 Å². The van der Waals surface area contributed by atoms with E-state index in [1.165, 1.54) is 0 Å². The van der Waals surface area contributed by atoms with Crippen LogP contribution in [0, 0.1) is 0 Å². The van der Waals surface area contributed by atoms with Gasteiger partial charge in [-0.1, -0.05) is 35.3 Å². The second-order valence-corrected chi connectivity index (χ2v) is 7.55. The molecule has 0 unspecified atom stereocenters. The summed E-state index contributed by atoms with van der Waals surface area (Å²) in [5.41, 5.74) is 2.42. The molecule has 0 bridgehead atoms. The quantitative estimate of drug-likeness (QED) is 0.554. The molecule has 0 fully saturated rings. The number of hydrogen-bond donors (Lipinski definition) is 1. The maximum Gasteiger partial charge on any atom is 0.322 e. The number of fused-ring (bicyclic) bond motifs is 1. The highest BCUT2D eigenvalue weighted by atomic mass is 35.5. The molecule has 1 N–H and O–H groups in total. The minimum atomic E-state index is -0.248. The Kier molecular flexibility index (Phi) is 6.26. The SMILES string of the molecule is O=C(Nc1ccc(Cl)c(Cl)c1)N(CCc1ccccn1)Cc1ccc2c(c1)OCO2. The first kappa shape index (κ1) is 20.3. The second-order valence-electron chi connectivity index (χ2n) is 6.74. The molecule has 2 aromatic carbocycles. The number of ether oxygens (including phenoxy) is 2. The molecule has 4 rings (SSSR count). The van der Waals surface area contributed by atoms with E-state index in [1.807, 2.05) is 36.4 Å². The van der Waals surface area contributed by atoms with Crippen LogP contribution in [-0.4, -0.2) is 29.3 Å². The van der Waals surface area contributed by atoms with E-state index < -0.39 is 0 Å². The topological polar surface area (TPSA) is 63.7 Å². The lowest BCUT2D eigenvalue weighted by atomic mass is 10.1. The fourth-order valence-corrected chi connectivity index (χ4v) is 3.38. The summed E-state index contributed by atoms with van der Waals surface area (Å²) in [5.74, 6) is 1.39. The first-order chi connectivity index (χ1) is 14.6. The number of aromatic nitrogens is 1. The van der Waals surface area contributed by atoms with E-state index >= 15 is 0 Å². The van der Waals surface area contributed by atoms with Crippen LogP contribution in [0.15, 0.2) is 60.8 Å². The van der Waals surface area contributed by atoms with Crippen molar-refractivity contribution in [3.63, 3.8) is 0 Å². The average Bonchev–Trinajstić information content (AvgIpc) is 3.22. The van der Waals surface area contributed by atoms with E-state index in [0.29, 0.717) is 46.7 Å². The number of hydrogen-bond acceptors (Lipinski definition) is 4. The third kappa shape index (κ3) is 4.96. The number of carbonyl (C=O) groups is 1. The van der Waals surface area contributed by atoms with Crippen molar-refractivity contribution in [3.8, 4) is 11.5 Å². The van der Waals surface area contributed by atoms with Gasteiger partial charge < -0.3 is 19.7 Å². The molecule has 154 valence electrons. The summed E-state index contributed by atoms with van der Waals surface area (Å²) in [6.45, 7) is 1.09. The standard InChI is InChI=1S/C22H19Cl2N3O3/c23-18-6-5-17(12-19(18)24)26-22(28)27(10-8-16-3-1-2-9-25-16)13-15-4-7-20-21(11-15)30-14-29-20/h1-7,9,11-12H,8,10,13-14H2,(H,26,28). The van der Waals surface area contributed by atoms with Gasteiger partial charge in [0, 0.05) is 37.1 Å². The van der Waals surface area contributed by atoms with Crippen molar-refractivity contribution in [1.29, 1.82) is 0 Å². The van der Waals surface area contributed by atoms with E-state index in [1.54, 1.807) is 29.3 Å². The number of nitrogens with zero attached hydrogens (tertiary/aromatic N) is 2. The fraction of sp³-hybridized carbons (Fsp3) is 0.182. The lowest BCUT2D eigenvalue weighted by Crippen LogP contribution is -2.36. The molecule has 0 saturated heterocycles. The molecule has 3 aromatic rings. The Morgan fingerprint density at radius 2 is 1.90 bits per heavy atom. The van der Waals surface area contributed by atoms with E-state index in [-0.39, 0.29) is 12.8 Å². The summed E-state index contributed by atoms with van der Waals surface area (Å²) in [7, 11) is 0. The highest BCUT2D eigenvalue weighted by molar-refractivity contribution is 6.42. The predicted molar refractivity (Wildman–Crippen MR) is 116 cm³/mol. The molecule has 2 amide bonds. The number of amides is 2. The van der Waals surface area contributed by atoms with Gasteiger partial charge in [0.05, 0.1) is 10.0 Å². The van der Waals surface area contributed by atoms with Crippen LogP contribution in [0.3, 0.4) is 0 Å². The number of pyridine rings is 1. The van der Waals surface area contributed by atoms with Gasteiger partial charge in [0.25, 0.3) is 0 Å². The zero-order valence-corrected chi connectivity index (χ0v) is 17.5. The number of benzene rings is 2. The maximum absolute atomic E-state index is 13.0. The summed E-state index contributed by atoms with van der Waals surface area (Å²) >= 11 is 12.0. The van der Waals surface area contributed by atoms with Crippen molar-refractivity contribution < 1.29 is 14.3 Å². The molecule has 0 radical (unpaired) electrons. The Hall–Kier alpha value is -2.96. The minimum absolute atomic E-state index is 0.208. The zero-order valence-electron chi connectivity index (χ0n) is 16.0. The Bertz CT molecular complexity index is 1050. The number of urea groups is 1. The van der Waals surface area contributed by atoms with Crippen LogP contribution in [0.25, 0.3) is 0 Å². The molecule has 0 atom stereocenters. The number of carbonyl (C=O) groups excluding carboxylic acids is 1. The van der Waals surface area contributed by atoms with Crippen LogP contribution in [-0.2, 0) is 13.0 Å². The molecular weight excluding hydrogens is 425 g/mol. The Labute approximate surface area is 184 Å².